The fourth-order valence-corrected chi connectivity index (χ4v) is 2.81. The van der Waals surface area contributed by atoms with Crippen molar-refractivity contribution in [2.45, 2.75) is 32.4 Å². The Balaban J connectivity index is 2.13. The third-order valence-corrected chi connectivity index (χ3v) is 5.13. The maximum absolute atomic E-state index is 11.6. The van der Waals surface area contributed by atoms with Crippen LogP contribution < -0.4 is 5.73 Å². The van der Waals surface area contributed by atoms with Gasteiger partial charge in [-0.25, -0.2) is 9.78 Å². The zero-order valence-electron chi connectivity index (χ0n) is 13.5. The molecule has 120 valence electrons. The van der Waals surface area contributed by atoms with Crippen molar-refractivity contribution in [1.82, 2.24) is 9.55 Å². The van der Waals surface area contributed by atoms with Gasteiger partial charge in [-0.3, -0.25) is 0 Å². The lowest BCUT2D eigenvalue weighted by Crippen LogP contribution is -2.21. The molecule has 2 N–H and O–H groups in total. The first kappa shape index (κ1) is 16.5. The lowest BCUT2D eigenvalue weighted by molar-refractivity contribution is 0.0602. The van der Waals surface area contributed by atoms with Gasteiger partial charge in [0.2, 0.25) is 0 Å². The number of ether oxygens (including phenoxy) is 2. The Morgan fingerprint density at radius 3 is 2.73 bits per heavy atom. The smallest absolute Gasteiger partial charge is 0.340 e. The van der Waals surface area contributed by atoms with Gasteiger partial charge in [0.05, 0.1) is 30.0 Å². The van der Waals surface area contributed by atoms with Gasteiger partial charge in [0.1, 0.15) is 6.73 Å². The summed E-state index contributed by atoms with van der Waals surface area (Å²) >= 11 is 0. The molecule has 1 aromatic carbocycles. The quantitative estimate of drug-likeness (QED) is 0.383. The molecule has 0 spiro atoms. The Bertz CT molecular complexity index is 676. The standard InChI is InChI=1S/C15H23N3O3Si/c1-20-15(19)11-7-13-14(8-12(11)16)18(9-17-13)10-21-5-6-22(2,3)4/h7-9H,5-6,10,16H2,1-4H3. The van der Waals surface area contributed by atoms with E-state index < -0.39 is 14.0 Å². The highest BCUT2D eigenvalue weighted by molar-refractivity contribution is 6.76. The highest BCUT2D eigenvalue weighted by Gasteiger charge is 2.15. The van der Waals surface area contributed by atoms with Crippen molar-refractivity contribution in [3.8, 4) is 0 Å². The van der Waals surface area contributed by atoms with Gasteiger partial charge >= 0.3 is 5.97 Å². The maximum atomic E-state index is 11.6. The van der Waals surface area contributed by atoms with Crippen LogP contribution in [0.25, 0.3) is 11.0 Å². The van der Waals surface area contributed by atoms with Gasteiger partial charge < -0.3 is 19.8 Å². The third-order valence-electron chi connectivity index (χ3n) is 3.42. The highest BCUT2D eigenvalue weighted by atomic mass is 28.3. The number of hydrogen-bond donors (Lipinski definition) is 1. The number of methoxy groups -OCH3 is 1. The van der Waals surface area contributed by atoms with E-state index in [0.717, 1.165) is 18.2 Å². The predicted octanol–water partition coefficient (Wildman–Crippen LogP) is 2.72. The number of rotatable bonds is 6. The number of benzene rings is 1. The molecule has 0 aliphatic heterocycles. The molecule has 1 aromatic heterocycles. The average molecular weight is 321 g/mol. The van der Waals surface area contributed by atoms with Crippen LogP contribution in [0.3, 0.4) is 0 Å². The zero-order chi connectivity index (χ0) is 16.3. The summed E-state index contributed by atoms with van der Waals surface area (Å²) in [5, 5.41) is 0. The van der Waals surface area contributed by atoms with Crippen LogP contribution in [0.5, 0.6) is 0 Å². The maximum Gasteiger partial charge on any atom is 0.340 e. The van der Waals surface area contributed by atoms with Crippen molar-refractivity contribution in [1.29, 1.82) is 0 Å². The van der Waals surface area contributed by atoms with E-state index in [1.165, 1.54) is 7.11 Å². The Morgan fingerprint density at radius 1 is 1.36 bits per heavy atom. The minimum atomic E-state index is -1.09. The van der Waals surface area contributed by atoms with Crippen LogP contribution in [0.2, 0.25) is 25.7 Å². The number of esters is 1. The Labute approximate surface area is 131 Å². The van der Waals surface area contributed by atoms with Gasteiger partial charge in [-0.15, -0.1) is 0 Å². The van der Waals surface area contributed by atoms with Crippen molar-refractivity contribution in [3.05, 3.63) is 24.0 Å². The fourth-order valence-electron chi connectivity index (χ4n) is 2.05. The topological polar surface area (TPSA) is 79.4 Å². The number of nitrogens with zero attached hydrogens (tertiary/aromatic N) is 2. The molecular weight excluding hydrogens is 298 g/mol. The summed E-state index contributed by atoms with van der Waals surface area (Å²) in [6, 6.07) is 4.50. The van der Waals surface area contributed by atoms with E-state index in [0.29, 0.717) is 23.5 Å². The minimum absolute atomic E-state index is 0.333. The molecule has 2 rings (SSSR count). The minimum Gasteiger partial charge on any atom is -0.465 e. The van der Waals surface area contributed by atoms with E-state index in [9.17, 15) is 4.79 Å². The number of nitrogen functional groups attached to an aromatic ring is 1. The van der Waals surface area contributed by atoms with Gasteiger partial charge in [0, 0.05) is 20.4 Å². The van der Waals surface area contributed by atoms with E-state index in [1.54, 1.807) is 18.5 Å². The molecule has 0 radical (unpaired) electrons. The second-order valence-electron chi connectivity index (χ2n) is 6.48. The number of aromatic nitrogens is 2. The summed E-state index contributed by atoms with van der Waals surface area (Å²) in [7, 11) is 0.243. The first-order valence-corrected chi connectivity index (χ1v) is 10.9. The van der Waals surface area contributed by atoms with Crippen molar-refractivity contribution >= 4 is 30.8 Å². The SMILES string of the molecule is COC(=O)c1cc2ncn(COCC[Si](C)(C)C)c2cc1N. The Kier molecular flexibility index (Phi) is 4.87. The van der Waals surface area contributed by atoms with E-state index >= 15 is 0 Å². The fraction of sp³-hybridized carbons (Fsp3) is 0.467. The van der Waals surface area contributed by atoms with Crippen molar-refractivity contribution < 1.29 is 14.3 Å². The number of carbonyl (C=O) groups excluding carboxylic acids is 1. The predicted molar refractivity (Wildman–Crippen MR) is 89.6 cm³/mol. The molecule has 0 amide bonds. The van der Waals surface area contributed by atoms with Crippen LogP contribution >= 0.6 is 0 Å². The van der Waals surface area contributed by atoms with Crippen LogP contribution in [0, 0.1) is 0 Å². The van der Waals surface area contributed by atoms with Gasteiger partial charge in [0.15, 0.2) is 0 Å². The van der Waals surface area contributed by atoms with E-state index in [2.05, 4.69) is 24.6 Å². The van der Waals surface area contributed by atoms with E-state index in [4.69, 9.17) is 15.2 Å². The summed E-state index contributed by atoms with van der Waals surface area (Å²) in [5.74, 6) is -0.458. The largest absolute Gasteiger partial charge is 0.465 e. The molecule has 0 unspecified atom stereocenters. The molecule has 2 aromatic rings. The molecule has 0 aliphatic carbocycles. The number of anilines is 1. The average Bonchev–Trinajstić information content (AvgIpc) is 2.83. The molecule has 0 aliphatic rings. The van der Waals surface area contributed by atoms with Crippen LogP contribution in [0.4, 0.5) is 5.69 Å². The molecular formula is C15H23N3O3Si. The monoisotopic (exact) mass is 321 g/mol. The lowest BCUT2D eigenvalue weighted by atomic mass is 10.1. The zero-order valence-corrected chi connectivity index (χ0v) is 14.5. The van der Waals surface area contributed by atoms with Crippen LogP contribution in [-0.2, 0) is 16.2 Å². The summed E-state index contributed by atoms with van der Waals surface area (Å²) in [6.07, 6.45) is 1.69. The molecule has 6 nitrogen and oxygen atoms in total. The molecule has 0 saturated heterocycles. The van der Waals surface area contributed by atoms with Crippen molar-refractivity contribution in [2.75, 3.05) is 19.5 Å². The Hall–Kier alpha value is -1.86. The van der Waals surface area contributed by atoms with E-state index in [-0.39, 0.29) is 0 Å². The van der Waals surface area contributed by atoms with Crippen LogP contribution in [-0.4, -0.2) is 37.3 Å². The molecule has 0 atom stereocenters. The number of fused-ring (bicyclic) bond motifs is 1. The number of imidazole rings is 1. The number of nitrogens with two attached hydrogens (primary N) is 1. The Morgan fingerprint density at radius 2 is 2.09 bits per heavy atom. The third kappa shape index (κ3) is 3.86. The molecule has 0 saturated carbocycles. The second-order valence-corrected chi connectivity index (χ2v) is 12.1. The number of carbonyl (C=O) groups is 1. The molecule has 1 heterocycles. The normalized spacial score (nSPS) is 11.8. The van der Waals surface area contributed by atoms with Crippen molar-refractivity contribution in [2.24, 2.45) is 0 Å². The summed E-state index contributed by atoms with van der Waals surface area (Å²) < 4.78 is 12.3. The number of hydrogen-bond acceptors (Lipinski definition) is 5. The summed E-state index contributed by atoms with van der Waals surface area (Å²) in [4.78, 5) is 15.9. The molecule has 7 heteroatoms. The van der Waals surface area contributed by atoms with Gasteiger partial charge in [0.25, 0.3) is 0 Å². The van der Waals surface area contributed by atoms with Crippen LogP contribution in [0.15, 0.2) is 18.5 Å². The van der Waals surface area contributed by atoms with Gasteiger partial charge in [-0.2, -0.15) is 0 Å². The highest BCUT2D eigenvalue weighted by Crippen LogP contribution is 2.22. The molecule has 0 fully saturated rings. The molecule has 22 heavy (non-hydrogen) atoms. The summed E-state index contributed by atoms with van der Waals surface area (Å²) in [6.45, 7) is 8.12. The first-order valence-electron chi connectivity index (χ1n) is 7.22. The van der Waals surface area contributed by atoms with E-state index in [1.807, 2.05) is 4.57 Å². The van der Waals surface area contributed by atoms with Gasteiger partial charge in [-0.1, -0.05) is 19.6 Å². The molecule has 0 bridgehead atoms. The second kappa shape index (κ2) is 6.49. The van der Waals surface area contributed by atoms with Crippen LogP contribution in [0.1, 0.15) is 10.4 Å². The first-order chi connectivity index (χ1) is 10.3. The van der Waals surface area contributed by atoms with Gasteiger partial charge in [-0.05, 0) is 18.2 Å². The lowest BCUT2D eigenvalue weighted by Gasteiger charge is -2.15. The van der Waals surface area contributed by atoms with Crippen molar-refractivity contribution in [3.63, 3.8) is 0 Å². The summed E-state index contributed by atoms with van der Waals surface area (Å²) in [5.41, 5.74) is 8.18.